The van der Waals surface area contributed by atoms with Crippen molar-refractivity contribution in [3.8, 4) is 0 Å². The fourth-order valence-corrected chi connectivity index (χ4v) is 2.10. The van der Waals surface area contributed by atoms with Gasteiger partial charge in [-0.25, -0.2) is 8.78 Å². The normalized spacial score (nSPS) is 18.9. The van der Waals surface area contributed by atoms with E-state index in [4.69, 9.17) is 10.5 Å². The van der Waals surface area contributed by atoms with Crippen LogP contribution >= 0.6 is 12.4 Å². The van der Waals surface area contributed by atoms with E-state index in [-0.39, 0.29) is 36.7 Å². The number of morpholine rings is 1. The molecule has 1 fully saturated rings. The van der Waals surface area contributed by atoms with Gasteiger partial charge in [0.2, 0.25) is 5.91 Å². The molecule has 1 unspecified atom stereocenters. The van der Waals surface area contributed by atoms with E-state index in [9.17, 15) is 13.6 Å². The fourth-order valence-electron chi connectivity index (χ4n) is 2.10. The minimum absolute atomic E-state index is 0. The Kier molecular flexibility index (Phi) is 6.97. The zero-order valence-corrected chi connectivity index (χ0v) is 12.2. The zero-order valence-electron chi connectivity index (χ0n) is 11.4. The van der Waals surface area contributed by atoms with E-state index in [1.165, 1.54) is 0 Å². The van der Waals surface area contributed by atoms with E-state index in [0.717, 1.165) is 18.2 Å². The molecule has 1 aromatic rings. The van der Waals surface area contributed by atoms with Gasteiger partial charge in [-0.05, 0) is 12.1 Å². The molecule has 0 bridgehead atoms. The summed E-state index contributed by atoms with van der Waals surface area (Å²) in [4.78, 5) is 13.7. The summed E-state index contributed by atoms with van der Waals surface area (Å²) in [5.74, 6) is -1.78. The first-order valence-corrected chi connectivity index (χ1v) is 6.37. The lowest BCUT2D eigenvalue weighted by Crippen LogP contribution is -2.48. The summed E-state index contributed by atoms with van der Waals surface area (Å²) >= 11 is 0. The van der Waals surface area contributed by atoms with Gasteiger partial charge in [0.15, 0.2) is 0 Å². The Morgan fingerprint density at radius 1 is 1.38 bits per heavy atom. The largest absolute Gasteiger partial charge is 0.374 e. The SMILES string of the molecule is Cl.NCC1CN(CC(=O)Nc2cc(F)cc(F)c2)CCO1. The number of nitrogens with two attached hydrogens (primary N) is 1. The number of carbonyl (C=O) groups is 1. The topological polar surface area (TPSA) is 67.6 Å². The Morgan fingerprint density at radius 3 is 2.67 bits per heavy atom. The lowest BCUT2D eigenvalue weighted by molar-refractivity contribution is -0.119. The second kappa shape index (κ2) is 8.23. The Labute approximate surface area is 127 Å². The summed E-state index contributed by atoms with van der Waals surface area (Å²) in [6.45, 7) is 2.25. The van der Waals surface area contributed by atoms with Crippen molar-refractivity contribution in [3.05, 3.63) is 29.8 Å². The van der Waals surface area contributed by atoms with Gasteiger partial charge in [0.25, 0.3) is 0 Å². The summed E-state index contributed by atoms with van der Waals surface area (Å²) in [5.41, 5.74) is 5.63. The maximum absolute atomic E-state index is 13.0. The smallest absolute Gasteiger partial charge is 0.238 e. The van der Waals surface area contributed by atoms with Crippen LogP contribution in [0.2, 0.25) is 0 Å². The van der Waals surface area contributed by atoms with E-state index >= 15 is 0 Å². The number of halogens is 3. The molecule has 0 radical (unpaired) electrons. The van der Waals surface area contributed by atoms with E-state index in [1.54, 1.807) is 0 Å². The molecule has 1 aromatic carbocycles. The third-order valence-corrected chi connectivity index (χ3v) is 3.00. The van der Waals surface area contributed by atoms with Crippen molar-refractivity contribution >= 4 is 24.0 Å². The average Bonchev–Trinajstić information content (AvgIpc) is 2.37. The molecule has 0 spiro atoms. The molecule has 3 N–H and O–H groups in total. The van der Waals surface area contributed by atoms with Crippen LogP contribution in [-0.2, 0) is 9.53 Å². The van der Waals surface area contributed by atoms with Gasteiger partial charge >= 0.3 is 0 Å². The molecule has 118 valence electrons. The number of benzene rings is 1. The molecule has 2 rings (SSSR count). The predicted octanol–water partition coefficient (Wildman–Crippen LogP) is 0.985. The number of rotatable bonds is 4. The number of anilines is 1. The van der Waals surface area contributed by atoms with E-state index < -0.39 is 11.6 Å². The second-order valence-corrected chi connectivity index (χ2v) is 4.67. The maximum atomic E-state index is 13.0. The lowest BCUT2D eigenvalue weighted by Gasteiger charge is -2.31. The highest BCUT2D eigenvalue weighted by atomic mass is 35.5. The quantitative estimate of drug-likeness (QED) is 0.867. The first kappa shape index (κ1) is 17.8. The van der Waals surface area contributed by atoms with Crippen molar-refractivity contribution in [1.29, 1.82) is 0 Å². The van der Waals surface area contributed by atoms with Crippen molar-refractivity contribution in [2.45, 2.75) is 6.10 Å². The molecular weight excluding hydrogens is 304 g/mol. The molecule has 1 aliphatic heterocycles. The number of ether oxygens (including phenoxy) is 1. The molecule has 1 heterocycles. The van der Waals surface area contributed by atoms with Gasteiger partial charge in [-0.3, -0.25) is 9.69 Å². The lowest BCUT2D eigenvalue weighted by atomic mass is 10.2. The van der Waals surface area contributed by atoms with Crippen LogP contribution in [-0.4, -0.2) is 49.7 Å². The standard InChI is InChI=1S/C13H17F2N3O2.ClH/c14-9-3-10(15)5-11(4-9)17-13(19)8-18-1-2-20-12(6-16)7-18;/h3-5,12H,1-2,6-8,16H2,(H,17,19);1H. The summed E-state index contributed by atoms with van der Waals surface area (Å²) in [5, 5.41) is 2.47. The van der Waals surface area contributed by atoms with Crippen molar-refractivity contribution in [2.24, 2.45) is 5.73 Å². The number of carbonyl (C=O) groups excluding carboxylic acids is 1. The highest BCUT2D eigenvalue weighted by Gasteiger charge is 2.21. The minimum atomic E-state index is -0.727. The van der Waals surface area contributed by atoms with E-state index in [1.807, 2.05) is 4.90 Å². The Hall–Kier alpha value is -1.28. The Balaban J connectivity index is 0.00000220. The predicted molar refractivity (Wildman–Crippen MR) is 77.5 cm³/mol. The van der Waals surface area contributed by atoms with E-state index in [0.29, 0.717) is 26.2 Å². The number of amides is 1. The van der Waals surface area contributed by atoms with Gasteiger partial charge in [-0.1, -0.05) is 0 Å². The van der Waals surface area contributed by atoms with Gasteiger partial charge in [-0.15, -0.1) is 12.4 Å². The van der Waals surface area contributed by atoms with Gasteiger partial charge < -0.3 is 15.8 Å². The Bertz CT molecular complexity index is 470. The summed E-state index contributed by atoms with van der Waals surface area (Å²) < 4.78 is 31.4. The van der Waals surface area contributed by atoms with Crippen LogP contribution in [0.25, 0.3) is 0 Å². The monoisotopic (exact) mass is 321 g/mol. The molecule has 1 amide bonds. The molecule has 1 saturated heterocycles. The van der Waals surface area contributed by atoms with Gasteiger partial charge in [0.1, 0.15) is 11.6 Å². The number of nitrogens with one attached hydrogen (secondary N) is 1. The molecule has 0 saturated carbocycles. The molecule has 0 aliphatic carbocycles. The van der Waals surface area contributed by atoms with Crippen LogP contribution in [0.4, 0.5) is 14.5 Å². The number of nitrogens with zero attached hydrogens (tertiary/aromatic N) is 1. The molecule has 8 heteroatoms. The molecule has 21 heavy (non-hydrogen) atoms. The molecular formula is C13H18ClF2N3O2. The average molecular weight is 322 g/mol. The van der Waals surface area contributed by atoms with Crippen LogP contribution < -0.4 is 11.1 Å². The first-order chi connectivity index (χ1) is 9.56. The van der Waals surface area contributed by atoms with Crippen LogP contribution in [0.1, 0.15) is 0 Å². The van der Waals surface area contributed by atoms with Crippen LogP contribution in [0.15, 0.2) is 18.2 Å². The summed E-state index contributed by atoms with van der Waals surface area (Å²) in [7, 11) is 0. The Morgan fingerprint density at radius 2 is 2.05 bits per heavy atom. The maximum Gasteiger partial charge on any atom is 0.238 e. The van der Waals surface area contributed by atoms with Crippen LogP contribution in [0, 0.1) is 11.6 Å². The van der Waals surface area contributed by atoms with E-state index in [2.05, 4.69) is 5.32 Å². The van der Waals surface area contributed by atoms with Gasteiger partial charge in [-0.2, -0.15) is 0 Å². The third kappa shape index (κ3) is 5.55. The highest BCUT2D eigenvalue weighted by molar-refractivity contribution is 5.92. The molecule has 5 nitrogen and oxygen atoms in total. The van der Waals surface area contributed by atoms with Crippen molar-refractivity contribution in [2.75, 3.05) is 38.1 Å². The number of hydrogen-bond donors (Lipinski definition) is 2. The zero-order chi connectivity index (χ0) is 14.5. The summed E-state index contributed by atoms with van der Waals surface area (Å²) in [6, 6.07) is 2.90. The highest BCUT2D eigenvalue weighted by Crippen LogP contribution is 2.13. The van der Waals surface area contributed by atoms with Crippen LogP contribution in [0.3, 0.4) is 0 Å². The molecule has 1 aliphatic rings. The van der Waals surface area contributed by atoms with Crippen molar-refractivity contribution < 1.29 is 18.3 Å². The van der Waals surface area contributed by atoms with Gasteiger partial charge in [0, 0.05) is 31.4 Å². The van der Waals surface area contributed by atoms with Gasteiger partial charge in [0.05, 0.1) is 19.3 Å². The van der Waals surface area contributed by atoms with Crippen molar-refractivity contribution in [3.63, 3.8) is 0 Å². The fraction of sp³-hybridized carbons (Fsp3) is 0.462. The minimum Gasteiger partial charge on any atom is -0.374 e. The molecule has 1 atom stereocenters. The summed E-state index contributed by atoms with van der Waals surface area (Å²) in [6.07, 6.45) is -0.0804. The molecule has 0 aromatic heterocycles. The second-order valence-electron chi connectivity index (χ2n) is 4.67. The third-order valence-electron chi connectivity index (χ3n) is 3.00. The van der Waals surface area contributed by atoms with Crippen LogP contribution in [0.5, 0.6) is 0 Å². The first-order valence-electron chi connectivity index (χ1n) is 6.37. The number of hydrogen-bond acceptors (Lipinski definition) is 4. The van der Waals surface area contributed by atoms with Crippen molar-refractivity contribution in [1.82, 2.24) is 4.90 Å².